The highest BCUT2D eigenvalue weighted by Gasteiger charge is 2.23. The Labute approximate surface area is 204 Å². The lowest BCUT2D eigenvalue weighted by Crippen LogP contribution is -2.47. The second-order valence-electron chi connectivity index (χ2n) is 9.47. The molecule has 2 aromatic carbocycles. The lowest BCUT2D eigenvalue weighted by molar-refractivity contribution is 0.0935. The smallest absolute Gasteiger partial charge is 0.251 e. The molecule has 1 atom stereocenters. The molecule has 0 bridgehead atoms. The zero-order chi connectivity index (χ0) is 24.9. The van der Waals surface area contributed by atoms with Crippen LogP contribution in [0.3, 0.4) is 0 Å². The minimum absolute atomic E-state index is 0.0257. The normalized spacial score (nSPS) is 16.1. The summed E-state index contributed by atoms with van der Waals surface area (Å²) in [6.07, 6.45) is 0.863. The summed E-state index contributed by atoms with van der Waals surface area (Å²) >= 11 is 0. The summed E-state index contributed by atoms with van der Waals surface area (Å²) in [5.74, 6) is -0.182. The molecule has 0 aromatic heterocycles. The molecule has 1 unspecified atom stereocenters. The molecule has 7 nitrogen and oxygen atoms in total. The number of hydrogen-bond donors (Lipinski definition) is 1. The van der Waals surface area contributed by atoms with Crippen molar-refractivity contribution >= 4 is 21.6 Å². The van der Waals surface area contributed by atoms with Crippen molar-refractivity contribution in [3.8, 4) is 0 Å². The number of amides is 1. The van der Waals surface area contributed by atoms with Crippen LogP contribution in [0, 0.1) is 6.92 Å². The number of anilines is 1. The maximum absolute atomic E-state index is 12.6. The van der Waals surface area contributed by atoms with E-state index < -0.39 is 10.0 Å². The number of benzene rings is 2. The lowest BCUT2D eigenvalue weighted by atomic mass is 10.1. The third-order valence-corrected chi connectivity index (χ3v) is 8.56. The van der Waals surface area contributed by atoms with E-state index in [1.165, 1.54) is 27.7 Å². The third-order valence-electron chi connectivity index (χ3n) is 6.52. The van der Waals surface area contributed by atoms with Crippen LogP contribution >= 0.6 is 0 Å². The Hall–Kier alpha value is -2.42. The highest BCUT2D eigenvalue weighted by atomic mass is 32.2. The summed E-state index contributed by atoms with van der Waals surface area (Å²) in [6, 6.07) is 14.7. The molecule has 1 heterocycles. The molecule has 0 spiro atoms. The Morgan fingerprint density at radius 3 is 2.26 bits per heavy atom. The van der Waals surface area contributed by atoms with E-state index in [2.05, 4.69) is 46.3 Å². The van der Waals surface area contributed by atoms with E-state index in [1.807, 2.05) is 20.8 Å². The number of aryl methyl sites for hydroxylation is 1. The summed E-state index contributed by atoms with van der Waals surface area (Å²) < 4.78 is 26.5. The number of piperazine rings is 1. The van der Waals surface area contributed by atoms with Gasteiger partial charge in [-0.15, -0.1) is 0 Å². The molecule has 1 aliphatic heterocycles. The van der Waals surface area contributed by atoms with Gasteiger partial charge >= 0.3 is 0 Å². The fourth-order valence-corrected chi connectivity index (χ4v) is 5.40. The molecule has 1 N–H and O–H groups in total. The first-order chi connectivity index (χ1) is 16.1. The predicted octanol–water partition coefficient (Wildman–Crippen LogP) is 3.35. The zero-order valence-corrected chi connectivity index (χ0v) is 21.8. The van der Waals surface area contributed by atoms with Crippen molar-refractivity contribution in [2.75, 3.05) is 44.7 Å². The highest BCUT2D eigenvalue weighted by molar-refractivity contribution is 7.89. The number of sulfonamides is 1. The summed E-state index contributed by atoms with van der Waals surface area (Å²) in [4.78, 5) is 17.7. The number of rotatable bonds is 9. The highest BCUT2D eigenvalue weighted by Crippen LogP contribution is 2.19. The molecular formula is C26H38N4O3S. The molecule has 1 aliphatic rings. The average Bonchev–Trinajstić information content (AvgIpc) is 2.82. The van der Waals surface area contributed by atoms with Gasteiger partial charge in [0.1, 0.15) is 0 Å². The van der Waals surface area contributed by atoms with E-state index in [0.717, 1.165) is 39.1 Å². The number of carbonyl (C=O) groups is 1. The van der Waals surface area contributed by atoms with Gasteiger partial charge in [0.15, 0.2) is 0 Å². The van der Waals surface area contributed by atoms with Gasteiger partial charge in [-0.3, -0.25) is 9.69 Å². The van der Waals surface area contributed by atoms with Crippen molar-refractivity contribution in [1.29, 1.82) is 0 Å². The second-order valence-corrected chi connectivity index (χ2v) is 11.5. The summed E-state index contributed by atoms with van der Waals surface area (Å²) in [5, 5.41) is 3.04. The van der Waals surface area contributed by atoms with Gasteiger partial charge < -0.3 is 10.2 Å². The fourth-order valence-electron chi connectivity index (χ4n) is 4.03. The quantitative estimate of drug-likeness (QED) is 0.589. The van der Waals surface area contributed by atoms with Crippen LogP contribution in [0.15, 0.2) is 53.4 Å². The Balaban J connectivity index is 1.45. The predicted molar refractivity (Wildman–Crippen MR) is 138 cm³/mol. The largest absolute Gasteiger partial charge is 0.369 e. The molecule has 1 saturated heterocycles. The first kappa shape index (κ1) is 26.2. The molecule has 0 radical (unpaired) electrons. The van der Waals surface area contributed by atoms with Gasteiger partial charge in [-0.05, 0) is 76.1 Å². The van der Waals surface area contributed by atoms with Gasteiger partial charge in [0, 0.05) is 63.1 Å². The van der Waals surface area contributed by atoms with Crippen LogP contribution in [0.25, 0.3) is 0 Å². The van der Waals surface area contributed by atoms with Crippen LogP contribution in [0.4, 0.5) is 5.69 Å². The van der Waals surface area contributed by atoms with Crippen LogP contribution in [-0.2, 0) is 10.0 Å². The lowest BCUT2D eigenvalue weighted by Gasteiger charge is -2.36. The van der Waals surface area contributed by atoms with E-state index in [9.17, 15) is 13.2 Å². The van der Waals surface area contributed by atoms with Crippen molar-refractivity contribution in [3.63, 3.8) is 0 Å². The minimum atomic E-state index is -3.56. The van der Waals surface area contributed by atoms with Crippen LogP contribution in [0.5, 0.6) is 0 Å². The van der Waals surface area contributed by atoms with Crippen molar-refractivity contribution in [2.24, 2.45) is 0 Å². The maximum atomic E-state index is 12.6. The Bertz CT molecular complexity index is 1060. The molecule has 2 aromatic rings. The number of hydrogen-bond acceptors (Lipinski definition) is 5. The van der Waals surface area contributed by atoms with Crippen molar-refractivity contribution < 1.29 is 13.2 Å². The number of carbonyl (C=O) groups excluding carboxylic acids is 1. The fraction of sp³-hybridized carbons (Fsp3) is 0.500. The summed E-state index contributed by atoms with van der Waals surface area (Å²) in [5.41, 5.74) is 3.03. The van der Waals surface area contributed by atoms with Crippen molar-refractivity contribution in [1.82, 2.24) is 14.5 Å². The van der Waals surface area contributed by atoms with Crippen LogP contribution in [0.2, 0.25) is 0 Å². The molecule has 0 saturated carbocycles. The summed E-state index contributed by atoms with van der Waals surface area (Å²) in [6.45, 7) is 12.7. The van der Waals surface area contributed by atoms with Gasteiger partial charge in [-0.25, -0.2) is 8.42 Å². The topological polar surface area (TPSA) is 73.0 Å². The molecule has 8 heteroatoms. The van der Waals surface area contributed by atoms with Gasteiger partial charge in [-0.1, -0.05) is 12.1 Å². The first-order valence-corrected chi connectivity index (χ1v) is 13.4. The van der Waals surface area contributed by atoms with Gasteiger partial charge in [0.2, 0.25) is 10.0 Å². The first-order valence-electron chi connectivity index (χ1n) is 12.0. The van der Waals surface area contributed by atoms with Crippen LogP contribution in [0.1, 0.15) is 43.1 Å². The van der Waals surface area contributed by atoms with Gasteiger partial charge in [-0.2, -0.15) is 4.31 Å². The number of nitrogens with zero attached hydrogens (tertiary/aromatic N) is 3. The maximum Gasteiger partial charge on any atom is 0.251 e. The molecule has 186 valence electrons. The van der Waals surface area contributed by atoms with Gasteiger partial charge in [0.25, 0.3) is 5.91 Å². The second kappa shape index (κ2) is 11.3. The monoisotopic (exact) mass is 486 g/mol. The number of nitrogens with one attached hydrogen (secondary N) is 1. The van der Waals surface area contributed by atoms with E-state index in [1.54, 1.807) is 19.2 Å². The van der Waals surface area contributed by atoms with Crippen LogP contribution in [-0.4, -0.2) is 75.4 Å². The molecule has 3 rings (SSSR count). The van der Waals surface area contributed by atoms with Crippen molar-refractivity contribution in [2.45, 2.75) is 51.1 Å². The Morgan fingerprint density at radius 2 is 1.68 bits per heavy atom. The molecular weight excluding hydrogens is 448 g/mol. The molecule has 34 heavy (non-hydrogen) atoms. The third kappa shape index (κ3) is 6.58. The molecule has 1 amide bonds. The van der Waals surface area contributed by atoms with E-state index in [0.29, 0.717) is 5.56 Å². The van der Waals surface area contributed by atoms with E-state index in [-0.39, 0.29) is 22.9 Å². The van der Waals surface area contributed by atoms with Gasteiger partial charge in [0.05, 0.1) is 4.90 Å². The Morgan fingerprint density at radius 1 is 1.03 bits per heavy atom. The van der Waals surface area contributed by atoms with E-state index >= 15 is 0 Å². The Kier molecular flexibility index (Phi) is 8.73. The van der Waals surface area contributed by atoms with E-state index in [4.69, 9.17) is 0 Å². The zero-order valence-electron chi connectivity index (χ0n) is 21.0. The average molecular weight is 487 g/mol. The molecule has 1 fully saturated rings. The summed E-state index contributed by atoms with van der Waals surface area (Å²) in [7, 11) is -2.00. The molecule has 0 aliphatic carbocycles. The standard InChI is InChI=1S/C26H38N4O3S/c1-20(2)28(5)34(32,33)25-11-9-23(10-12-25)26(31)27-22(4)13-14-29-15-17-30(18-16-29)24-8-6-7-21(3)19-24/h6-12,19-20,22H,13-18H2,1-5H3,(H,27,31). The minimum Gasteiger partial charge on any atom is -0.369 e. The van der Waals surface area contributed by atoms with Crippen molar-refractivity contribution in [3.05, 3.63) is 59.7 Å². The SMILES string of the molecule is Cc1cccc(N2CCN(CCC(C)NC(=O)c3ccc(S(=O)(=O)N(C)C(C)C)cc3)CC2)c1. The van der Waals surface area contributed by atoms with Crippen LogP contribution < -0.4 is 10.2 Å².